The lowest BCUT2D eigenvalue weighted by Crippen LogP contribution is -2.33. The number of nitrogens with two attached hydrogens (primary N) is 1. The van der Waals surface area contributed by atoms with Crippen molar-refractivity contribution in [2.24, 2.45) is 5.73 Å². The van der Waals surface area contributed by atoms with E-state index in [0.717, 1.165) is 0 Å². The minimum atomic E-state index is -0.551. The molecule has 1 amide bonds. The number of rotatable bonds is 7. The quantitative estimate of drug-likeness (QED) is 0.593. The van der Waals surface area contributed by atoms with Crippen molar-refractivity contribution in [3.63, 3.8) is 0 Å². The Kier molecular flexibility index (Phi) is 5.66. The number of nitrogens with one attached hydrogen (secondary N) is 1. The Morgan fingerprint density at radius 1 is 1.48 bits per heavy atom. The Morgan fingerprint density at radius 2 is 2.14 bits per heavy atom. The Balaban J connectivity index is 2.82. The number of anilines is 1. The van der Waals surface area contributed by atoms with Crippen LogP contribution in [0, 0.1) is 10.1 Å². The topological polar surface area (TPSA) is 107 Å². The number of carbonyl (C=O) groups excluding carboxylic acids is 1. The van der Waals surface area contributed by atoms with E-state index in [-0.39, 0.29) is 23.7 Å². The second kappa shape index (κ2) is 7.03. The smallest absolute Gasteiger partial charge is 0.296 e. The van der Waals surface area contributed by atoms with E-state index in [9.17, 15) is 14.9 Å². The van der Waals surface area contributed by atoms with Gasteiger partial charge in [0.1, 0.15) is 11.4 Å². The summed E-state index contributed by atoms with van der Waals surface area (Å²) in [6.07, 6.45) is 0.692. The molecule has 0 aliphatic carbocycles. The minimum Gasteiger partial charge on any atom is -0.494 e. The highest BCUT2D eigenvalue weighted by molar-refractivity contribution is 5.93. The van der Waals surface area contributed by atoms with Crippen LogP contribution in [0.4, 0.5) is 11.4 Å². The van der Waals surface area contributed by atoms with Crippen LogP contribution >= 0.6 is 0 Å². The third-order valence-corrected chi connectivity index (χ3v) is 2.75. The van der Waals surface area contributed by atoms with Gasteiger partial charge in [-0.15, -0.1) is 0 Å². The van der Waals surface area contributed by atoms with E-state index in [0.29, 0.717) is 18.8 Å². The predicted molar refractivity (Wildman–Crippen MR) is 80.4 cm³/mol. The number of benzene rings is 1. The van der Waals surface area contributed by atoms with Gasteiger partial charge in [-0.3, -0.25) is 14.9 Å². The van der Waals surface area contributed by atoms with E-state index in [1.54, 1.807) is 13.0 Å². The molecular formula is C14H21N3O4. The van der Waals surface area contributed by atoms with Crippen molar-refractivity contribution in [3.05, 3.63) is 28.3 Å². The molecule has 3 N–H and O–H groups in total. The zero-order valence-electron chi connectivity index (χ0n) is 12.5. The zero-order chi connectivity index (χ0) is 16.0. The summed E-state index contributed by atoms with van der Waals surface area (Å²) < 4.78 is 5.22. The normalized spacial score (nSPS) is 11.0. The number of nitrogens with zero attached hydrogens (tertiary/aromatic N) is 1. The minimum absolute atomic E-state index is 0.156. The molecule has 0 aliphatic rings. The summed E-state index contributed by atoms with van der Waals surface area (Å²) in [4.78, 5) is 22.3. The summed E-state index contributed by atoms with van der Waals surface area (Å²) in [5.74, 6) is 0.0890. The summed E-state index contributed by atoms with van der Waals surface area (Å²) in [5, 5.41) is 13.6. The standard InChI is InChI=1S/C14H21N3O4/c1-4-21-10-5-6-11(12(9-10)17(19)20)16-13(18)7-8-14(2,3)15/h5-6,9H,4,7-8,15H2,1-3H3,(H,16,18). The van der Waals surface area contributed by atoms with Gasteiger partial charge >= 0.3 is 0 Å². The van der Waals surface area contributed by atoms with Crippen LogP contribution in [-0.4, -0.2) is 23.0 Å². The van der Waals surface area contributed by atoms with E-state index in [4.69, 9.17) is 10.5 Å². The number of ether oxygens (including phenoxy) is 1. The van der Waals surface area contributed by atoms with E-state index in [1.807, 2.05) is 13.8 Å². The van der Waals surface area contributed by atoms with Crippen molar-refractivity contribution in [3.8, 4) is 5.75 Å². The molecule has 0 unspecified atom stereocenters. The first kappa shape index (κ1) is 16.9. The van der Waals surface area contributed by atoms with Crippen molar-refractivity contribution < 1.29 is 14.5 Å². The molecular weight excluding hydrogens is 274 g/mol. The summed E-state index contributed by atoms with van der Waals surface area (Å²) in [6, 6.07) is 4.35. The fraction of sp³-hybridized carbons (Fsp3) is 0.500. The first-order valence-corrected chi connectivity index (χ1v) is 6.73. The third-order valence-electron chi connectivity index (χ3n) is 2.75. The molecule has 0 atom stereocenters. The molecule has 1 rings (SSSR count). The predicted octanol–water partition coefficient (Wildman–Crippen LogP) is 2.45. The fourth-order valence-corrected chi connectivity index (χ4v) is 1.67. The van der Waals surface area contributed by atoms with Crippen LogP contribution in [0.1, 0.15) is 33.6 Å². The van der Waals surface area contributed by atoms with Gasteiger partial charge in [0, 0.05) is 12.0 Å². The van der Waals surface area contributed by atoms with E-state index in [1.165, 1.54) is 12.1 Å². The Hall–Kier alpha value is -2.15. The van der Waals surface area contributed by atoms with Gasteiger partial charge in [0.15, 0.2) is 0 Å². The molecule has 0 saturated heterocycles. The van der Waals surface area contributed by atoms with Crippen LogP contribution in [0.25, 0.3) is 0 Å². The van der Waals surface area contributed by atoms with Gasteiger partial charge in [0.25, 0.3) is 5.69 Å². The molecule has 21 heavy (non-hydrogen) atoms. The van der Waals surface area contributed by atoms with Gasteiger partial charge in [0.05, 0.1) is 17.6 Å². The summed E-state index contributed by atoms with van der Waals surface area (Å²) >= 11 is 0. The lowest BCUT2D eigenvalue weighted by atomic mass is 10.00. The molecule has 0 aromatic heterocycles. The maximum atomic E-state index is 11.8. The molecule has 0 saturated carbocycles. The molecule has 116 valence electrons. The maximum absolute atomic E-state index is 11.8. The molecule has 0 radical (unpaired) electrons. The van der Waals surface area contributed by atoms with Crippen LogP contribution in [0.15, 0.2) is 18.2 Å². The van der Waals surface area contributed by atoms with Crippen molar-refractivity contribution in [1.29, 1.82) is 0 Å². The maximum Gasteiger partial charge on any atom is 0.296 e. The monoisotopic (exact) mass is 295 g/mol. The molecule has 7 heteroatoms. The van der Waals surface area contributed by atoms with Crippen molar-refractivity contribution in [2.75, 3.05) is 11.9 Å². The number of nitro benzene ring substituents is 1. The van der Waals surface area contributed by atoms with Crippen LogP contribution in [0.2, 0.25) is 0 Å². The highest BCUT2D eigenvalue weighted by Crippen LogP contribution is 2.29. The number of hydrogen-bond donors (Lipinski definition) is 2. The number of nitro groups is 1. The molecule has 0 spiro atoms. The number of carbonyl (C=O) groups is 1. The summed E-state index contributed by atoms with van der Waals surface area (Å²) in [6.45, 7) is 5.84. The number of amides is 1. The molecule has 1 aromatic carbocycles. The largest absolute Gasteiger partial charge is 0.494 e. The molecule has 0 bridgehead atoms. The lowest BCUT2D eigenvalue weighted by molar-refractivity contribution is -0.384. The molecule has 1 aromatic rings. The SMILES string of the molecule is CCOc1ccc(NC(=O)CCC(C)(C)N)c([N+](=O)[O-])c1. The Bertz CT molecular complexity index is 523. The van der Waals surface area contributed by atoms with Crippen LogP contribution < -0.4 is 15.8 Å². The molecule has 0 aliphatic heterocycles. The van der Waals surface area contributed by atoms with Crippen molar-refractivity contribution in [1.82, 2.24) is 0 Å². The van der Waals surface area contributed by atoms with Crippen molar-refractivity contribution in [2.45, 2.75) is 39.2 Å². The highest BCUT2D eigenvalue weighted by atomic mass is 16.6. The molecule has 0 heterocycles. The fourth-order valence-electron chi connectivity index (χ4n) is 1.67. The van der Waals surface area contributed by atoms with Gasteiger partial charge in [-0.05, 0) is 39.3 Å². The average molecular weight is 295 g/mol. The summed E-state index contributed by atoms with van der Waals surface area (Å²) in [7, 11) is 0. The Labute approximate surface area is 123 Å². The van der Waals surface area contributed by atoms with Gasteiger partial charge < -0.3 is 15.8 Å². The Morgan fingerprint density at radius 3 is 2.67 bits per heavy atom. The van der Waals surface area contributed by atoms with Gasteiger partial charge in [0.2, 0.25) is 5.91 Å². The zero-order valence-corrected chi connectivity index (χ0v) is 12.5. The van der Waals surface area contributed by atoms with Gasteiger partial charge in [-0.25, -0.2) is 0 Å². The highest BCUT2D eigenvalue weighted by Gasteiger charge is 2.19. The average Bonchev–Trinajstić information content (AvgIpc) is 2.37. The van der Waals surface area contributed by atoms with Gasteiger partial charge in [-0.1, -0.05) is 0 Å². The van der Waals surface area contributed by atoms with E-state index >= 15 is 0 Å². The second-order valence-electron chi connectivity index (χ2n) is 5.41. The van der Waals surface area contributed by atoms with Crippen LogP contribution in [0.3, 0.4) is 0 Å². The van der Waals surface area contributed by atoms with Gasteiger partial charge in [-0.2, -0.15) is 0 Å². The van der Waals surface area contributed by atoms with Crippen LogP contribution in [0.5, 0.6) is 5.75 Å². The van der Waals surface area contributed by atoms with E-state index < -0.39 is 10.5 Å². The molecule has 7 nitrogen and oxygen atoms in total. The van der Waals surface area contributed by atoms with E-state index in [2.05, 4.69) is 5.32 Å². The summed E-state index contributed by atoms with van der Waals surface area (Å²) in [5.41, 5.74) is 5.31. The first-order chi connectivity index (χ1) is 9.73. The lowest BCUT2D eigenvalue weighted by Gasteiger charge is -2.17. The second-order valence-corrected chi connectivity index (χ2v) is 5.41. The van der Waals surface area contributed by atoms with Crippen LogP contribution in [-0.2, 0) is 4.79 Å². The third kappa shape index (κ3) is 5.78. The number of hydrogen-bond acceptors (Lipinski definition) is 5. The first-order valence-electron chi connectivity index (χ1n) is 6.73. The van der Waals surface area contributed by atoms with Crippen molar-refractivity contribution >= 4 is 17.3 Å². The molecule has 0 fully saturated rings.